The molecular weight excluding hydrogens is 524 g/mol. The first-order valence-corrected chi connectivity index (χ1v) is 12.6. The van der Waals surface area contributed by atoms with Crippen molar-refractivity contribution in [1.29, 1.82) is 0 Å². The van der Waals surface area contributed by atoms with E-state index in [4.69, 9.17) is 25.8 Å². The first-order chi connectivity index (χ1) is 18.9. The quantitative estimate of drug-likeness (QED) is 0.171. The Labute approximate surface area is 231 Å². The second-order valence-electron chi connectivity index (χ2n) is 8.01. The molecule has 0 spiro atoms. The van der Waals surface area contributed by atoms with Gasteiger partial charge in [0, 0.05) is 16.4 Å². The molecule has 3 aromatic rings. The maximum atomic E-state index is 12.2. The van der Waals surface area contributed by atoms with Gasteiger partial charge in [0.1, 0.15) is 5.75 Å². The third-order valence-electron chi connectivity index (χ3n) is 4.91. The van der Waals surface area contributed by atoms with Crippen LogP contribution in [0.3, 0.4) is 0 Å². The van der Waals surface area contributed by atoms with Crippen molar-refractivity contribution in [3.05, 3.63) is 77.3 Å². The van der Waals surface area contributed by atoms with Crippen LogP contribution in [0.25, 0.3) is 0 Å². The van der Waals surface area contributed by atoms with Crippen molar-refractivity contribution in [3.63, 3.8) is 0 Å². The molecule has 10 nitrogen and oxygen atoms in total. The summed E-state index contributed by atoms with van der Waals surface area (Å²) >= 11 is 5.93. The van der Waals surface area contributed by atoms with E-state index in [0.717, 1.165) is 6.42 Å². The van der Waals surface area contributed by atoms with Gasteiger partial charge in [0.05, 0.1) is 19.4 Å². The summed E-state index contributed by atoms with van der Waals surface area (Å²) in [7, 11) is 0. The number of amides is 3. The number of hydrogen-bond acceptors (Lipinski definition) is 7. The van der Waals surface area contributed by atoms with Crippen molar-refractivity contribution >= 4 is 46.9 Å². The van der Waals surface area contributed by atoms with Gasteiger partial charge in [0.25, 0.3) is 5.91 Å². The molecule has 0 radical (unpaired) electrons. The highest BCUT2D eigenvalue weighted by Crippen LogP contribution is 2.28. The first-order valence-electron chi connectivity index (χ1n) is 12.2. The van der Waals surface area contributed by atoms with Crippen molar-refractivity contribution in [2.75, 3.05) is 30.5 Å². The lowest BCUT2D eigenvalue weighted by Gasteiger charge is -2.12. The molecule has 0 bridgehead atoms. The van der Waals surface area contributed by atoms with Gasteiger partial charge in [-0.1, -0.05) is 24.6 Å². The lowest BCUT2D eigenvalue weighted by molar-refractivity contribution is -0.136. The molecule has 11 heteroatoms. The van der Waals surface area contributed by atoms with Gasteiger partial charge >= 0.3 is 11.8 Å². The molecule has 3 N–H and O–H groups in total. The molecule has 39 heavy (non-hydrogen) atoms. The standard InChI is InChI=1S/C28H29ClN4O6/c1-3-14-38-23-11-9-21(10-12-23)32-27(35)28(36)33-30-17-19-8-13-24(25(15-19)37-4-2)39-18-26(34)31-22-7-5-6-20(29)16-22/h5-13,15-17H,3-4,14,18H2,1-2H3,(H,31,34)(H,32,35)(H,33,36)/b30-17-. The predicted octanol–water partition coefficient (Wildman–Crippen LogP) is 4.63. The molecule has 0 aromatic heterocycles. The molecule has 3 amide bonds. The number of rotatable bonds is 12. The van der Waals surface area contributed by atoms with E-state index in [-0.39, 0.29) is 12.5 Å². The van der Waals surface area contributed by atoms with Crippen LogP contribution in [0.15, 0.2) is 71.8 Å². The summed E-state index contributed by atoms with van der Waals surface area (Å²) in [4.78, 5) is 36.5. The minimum absolute atomic E-state index is 0.250. The number of anilines is 2. The number of benzene rings is 3. The fourth-order valence-electron chi connectivity index (χ4n) is 3.16. The van der Waals surface area contributed by atoms with Crippen molar-refractivity contribution in [3.8, 4) is 17.2 Å². The molecular formula is C28H29ClN4O6. The van der Waals surface area contributed by atoms with Crippen LogP contribution in [0.2, 0.25) is 5.02 Å². The molecule has 0 aliphatic heterocycles. The van der Waals surface area contributed by atoms with E-state index >= 15 is 0 Å². The van der Waals surface area contributed by atoms with Crippen molar-refractivity contribution in [2.24, 2.45) is 5.10 Å². The zero-order chi connectivity index (χ0) is 28.0. The minimum atomic E-state index is -0.937. The maximum absolute atomic E-state index is 12.2. The third kappa shape index (κ3) is 9.67. The van der Waals surface area contributed by atoms with E-state index in [1.807, 2.05) is 6.92 Å². The van der Waals surface area contributed by atoms with Gasteiger partial charge in [-0.05, 0) is 79.6 Å². The summed E-state index contributed by atoms with van der Waals surface area (Å²) in [5.41, 5.74) is 3.75. The van der Waals surface area contributed by atoms with Crippen LogP contribution in [0.5, 0.6) is 17.2 Å². The smallest absolute Gasteiger partial charge is 0.329 e. The number of hydrazone groups is 1. The third-order valence-corrected chi connectivity index (χ3v) is 5.14. The summed E-state index contributed by atoms with van der Waals surface area (Å²) < 4.78 is 16.7. The van der Waals surface area contributed by atoms with Crippen molar-refractivity contribution in [1.82, 2.24) is 5.43 Å². The zero-order valence-electron chi connectivity index (χ0n) is 21.5. The van der Waals surface area contributed by atoms with Gasteiger partial charge in [-0.15, -0.1) is 0 Å². The van der Waals surface area contributed by atoms with E-state index < -0.39 is 11.8 Å². The fourth-order valence-corrected chi connectivity index (χ4v) is 3.35. The molecule has 0 aliphatic carbocycles. The monoisotopic (exact) mass is 552 g/mol. The van der Waals surface area contributed by atoms with Crippen LogP contribution in [0.4, 0.5) is 11.4 Å². The van der Waals surface area contributed by atoms with Gasteiger partial charge in [-0.3, -0.25) is 14.4 Å². The molecule has 3 rings (SSSR count). The van der Waals surface area contributed by atoms with Crippen LogP contribution in [-0.2, 0) is 14.4 Å². The number of nitrogens with one attached hydrogen (secondary N) is 3. The minimum Gasteiger partial charge on any atom is -0.494 e. The lowest BCUT2D eigenvalue weighted by atomic mass is 10.2. The average Bonchev–Trinajstić information content (AvgIpc) is 2.92. The Hall–Kier alpha value is -4.57. The lowest BCUT2D eigenvalue weighted by Crippen LogP contribution is -2.32. The summed E-state index contributed by atoms with van der Waals surface area (Å²) in [6, 6.07) is 18.4. The summed E-state index contributed by atoms with van der Waals surface area (Å²) in [5.74, 6) is -0.769. The van der Waals surface area contributed by atoms with Crippen LogP contribution < -0.4 is 30.3 Å². The molecule has 0 unspecified atom stereocenters. The number of halogens is 1. The molecule has 0 atom stereocenters. The van der Waals surface area contributed by atoms with Gasteiger partial charge in [0.15, 0.2) is 18.1 Å². The van der Waals surface area contributed by atoms with Crippen molar-refractivity contribution < 1.29 is 28.6 Å². The van der Waals surface area contributed by atoms with Gasteiger partial charge < -0.3 is 24.8 Å². The summed E-state index contributed by atoms with van der Waals surface area (Å²) in [6.07, 6.45) is 2.23. The molecule has 0 saturated heterocycles. The average molecular weight is 553 g/mol. The highest BCUT2D eigenvalue weighted by Gasteiger charge is 2.13. The molecule has 0 heterocycles. The second kappa shape index (κ2) is 15.0. The van der Waals surface area contributed by atoms with Gasteiger partial charge in [-0.2, -0.15) is 5.10 Å². The highest BCUT2D eigenvalue weighted by atomic mass is 35.5. The van der Waals surface area contributed by atoms with E-state index in [1.54, 1.807) is 73.7 Å². The number of carbonyl (C=O) groups excluding carboxylic acids is 3. The van der Waals surface area contributed by atoms with Crippen LogP contribution in [-0.4, -0.2) is 43.8 Å². The highest BCUT2D eigenvalue weighted by molar-refractivity contribution is 6.39. The Bertz CT molecular complexity index is 1310. The first kappa shape index (κ1) is 29.0. The topological polar surface area (TPSA) is 127 Å². The Morgan fingerprint density at radius 3 is 2.36 bits per heavy atom. The Morgan fingerprint density at radius 1 is 0.846 bits per heavy atom. The Balaban J connectivity index is 1.52. The number of hydrogen-bond donors (Lipinski definition) is 3. The van der Waals surface area contributed by atoms with Crippen LogP contribution >= 0.6 is 11.6 Å². The van der Waals surface area contributed by atoms with Crippen LogP contribution in [0, 0.1) is 0 Å². The molecule has 204 valence electrons. The maximum Gasteiger partial charge on any atom is 0.329 e. The molecule has 3 aromatic carbocycles. The molecule has 0 saturated carbocycles. The summed E-state index contributed by atoms with van der Waals surface area (Å²) in [5, 5.41) is 9.53. The SMILES string of the molecule is CCCOc1ccc(NC(=O)C(=O)N/N=C\c2ccc(OCC(=O)Nc3cccc(Cl)c3)c(OCC)c2)cc1. The molecule has 0 fully saturated rings. The van der Waals surface area contributed by atoms with E-state index in [9.17, 15) is 14.4 Å². The number of nitrogens with zero attached hydrogens (tertiary/aromatic N) is 1. The predicted molar refractivity (Wildman–Crippen MR) is 150 cm³/mol. The Morgan fingerprint density at radius 2 is 1.64 bits per heavy atom. The largest absolute Gasteiger partial charge is 0.494 e. The van der Waals surface area contributed by atoms with Crippen LogP contribution in [0.1, 0.15) is 25.8 Å². The van der Waals surface area contributed by atoms with E-state index in [2.05, 4.69) is 21.2 Å². The normalized spacial score (nSPS) is 10.5. The summed E-state index contributed by atoms with van der Waals surface area (Å²) in [6.45, 7) is 4.51. The van der Waals surface area contributed by atoms with Crippen molar-refractivity contribution in [2.45, 2.75) is 20.3 Å². The van der Waals surface area contributed by atoms with E-state index in [1.165, 1.54) is 6.21 Å². The van der Waals surface area contributed by atoms with E-state index in [0.29, 0.717) is 52.4 Å². The Kier molecular flexibility index (Phi) is 11.1. The number of carbonyl (C=O) groups is 3. The second-order valence-corrected chi connectivity index (χ2v) is 8.45. The van der Waals surface area contributed by atoms with Gasteiger partial charge in [0.2, 0.25) is 0 Å². The van der Waals surface area contributed by atoms with Gasteiger partial charge in [-0.25, -0.2) is 5.43 Å². The zero-order valence-corrected chi connectivity index (χ0v) is 22.3. The molecule has 0 aliphatic rings. The fraction of sp³-hybridized carbons (Fsp3) is 0.214. The number of ether oxygens (including phenoxy) is 3.